The molecule has 0 bridgehead atoms. The summed E-state index contributed by atoms with van der Waals surface area (Å²) in [4.78, 5) is 12.1. The summed E-state index contributed by atoms with van der Waals surface area (Å²) < 4.78 is 37.9. The van der Waals surface area contributed by atoms with Crippen LogP contribution in [0.5, 0.6) is 0 Å². The molecule has 4 fully saturated rings. The third-order valence-corrected chi connectivity index (χ3v) is 8.75. The molecule has 0 aromatic carbocycles. The van der Waals surface area contributed by atoms with E-state index in [-0.39, 0.29) is 0 Å². The number of carbonyl (C=O) groups is 1. The number of aliphatic hydroxyl groups excluding tert-OH is 13. The number of carbonyl (C=O) groups excluding carboxylic acids is 1. The van der Waals surface area contributed by atoms with Crippen molar-refractivity contribution in [2.75, 3.05) is 26.4 Å². The van der Waals surface area contributed by atoms with Gasteiger partial charge >= 0.3 is 0 Å². The van der Waals surface area contributed by atoms with E-state index in [1.54, 1.807) is 0 Å². The Balaban J connectivity index is 1.55. The van der Waals surface area contributed by atoms with Gasteiger partial charge in [-0.2, -0.15) is 0 Å². The molecule has 4 aliphatic rings. The summed E-state index contributed by atoms with van der Waals surface area (Å²) in [6.07, 6.45) is -34.1. The molecule has 20 atom stereocenters. The lowest BCUT2D eigenvalue weighted by atomic mass is 9.92. The average molecular weight is 724 g/mol. The molecule has 0 radical (unpaired) electrons. The smallest absolute Gasteiger partial charge is 0.226 e. The molecule has 9 unspecified atom stereocenters. The Morgan fingerprint density at radius 2 is 1.14 bits per heavy atom. The Morgan fingerprint density at radius 3 is 1.69 bits per heavy atom. The molecular weight excluding hydrogens is 678 g/mol. The van der Waals surface area contributed by atoms with Crippen molar-refractivity contribution < 1.29 is 109 Å². The number of ether oxygens (including phenoxy) is 7. The zero-order valence-electron chi connectivity index (χ0n) is 25.8. The van der Waals surface area contributed by atoms with Crippen LogP contribution in [0.2, 0.25) is 0 Å². The fraction of sp³-hybridized carbons (Fsp3) is 0.962. The minimum Gasteiger partial charge on any atom is -0.394 e. The van der Waals surface area contributed by atoms with E-state index >= 15 is 0 Å². The maximum absolute atomic E-state index is 12.1. The van der Waals surface area contributed by atoms with Crippen molar-refractivity contribution in [2.45, 2.75) is 129 Å². The molecule has 23 nitrogen and oxygen atoms in total. The number of nitrogens with one attached hydrogen (secondary N) is 1. The second-order valence-electron chi connectivity index (χ2n) is 12.1. The minimum absolute atomic E-state index is 0.822. The first-order valence-corrected chi connectivity index (χ1v) is 15.2. The highest BCUT2D eigenvalue weighted by Gasteiger charge is 2.61. The monoisotopic (exact) mass is 723 g/mol. The predicted molar refractivity (Wildman–Crippen MR) is 147 cm³/mol. The highest BCUT2D eigenvalue weighted by molar-refractivity contribution is 5.73. The maximum atomic E-state index is 12.1. The summed E-state index contributed by atoms with van der Waals surface area (Å²) in [5.41, 5.74) is 0. The van der Waals surface area contributed by atoms with Crippen LogP contribution in [0, 0.1) is 0 Å². The molecular formula is C26H45NO22. The fourth-order valence-electron chi connectivity index (χ4n) is 5.99. The van der Waals surface area contributed by atoms with E-state index in [2.05, 4.69) is 5.32 Å². The molecule has 49 heavy (non-hydrogen) atoms. The van der Waals surface area contributed by atoms with Gasteiger partial charge in [0.2, 0.25) is 11.7 Å². The molecule has 4 heterocycles. The SMILES string of the molecule is CC(=O)N[C@H]1C(O)[C@H](O[C@@H]2OC(CO)[C@H](O)C(O)[C@@H]2O)C(CO)O[C@H]1O[C@]1(O)C(CO)O[C@@H](O[C@@H]2C(CO)OC(O)[C@@H](O)C2O)[C@@H](O)C1O. The van der Waals surface area contributed by atoms with Crippen molar-refractivity contribution in [3.63, 3.8) is 0 Å². The van der Waals surface area contributed by atoms with Crippen LogP contribution >= 0.6 is 0 Å². The summed E-state index contributed by atoms with van der Waals surface area (Å²) in [6, 6.07) is -1.76. The van der Waals surface area contributed by atoms with Gasteiger partial charge in [-0.3, -0.25) is 4.79 Å². The van der Waals surface area contributed by atoms with Gasteiger partial charge in [0.15, 0.2) is 25.2 Å². The fourth-order valence-corrected chi connectivity index (χ4v) is 5.99. The summed E-state index contributed by atoms with van der Waals surface area (Å²) in [5.74, 6) is -3.98. The van der Waals surface area contributed by atoms with E-state index in [4.69, 9.17) is 33.2 Å². The van der Waals surface area contributed by atoms with Crippen LogP contribution in [0.1, 0.15) is 6.92 Å². The second-order valence-corrected chi connectivity index (χ2v) is 12.1. The number of amides is 1. The van der Waals surface area contributed by atoms with Gasteiger partial charge in [0, 0.05) is 6.92 Å². The summed E-state index contributed by atoms with van der Waals surface area (Å²) in [7, 11) is 0. The third kappa shape index (κ3) is 8.02. The van der Waals surface area contributed by atoms with E-state index in [9.17, 15) is 76.3 Å². The lowest BCUT2D eigenvalue weighted by molar-refractivity contribution is -0.443. The summed E-state index contributed by atoms with van der Waals surface area (Å²) in [5, 5.41) is 147. The lowest BCUT2D eigenvalue weighted by Crippen LogP contribution is -2.73. The van der Waals surface area contributed by atoms with Crippen molar-refractivity contribution in [1.29, 1.82) is 0 Å². The summed E-state index contributed by atoms with van der Waals surface area (Å²) >= 11 is 0. The normalized spacial score (nSPS) is 51.0. The van der Waals surface area contributed by atoms with Gasteiger partial charge in [0.25, 0.3) is 0 Å². The highest BCUT2D eigenvalue weighted by Crippen LogP contribution is 2.38. The Hall–Kier alpha value is -1.37. The van der Waals surface area contributed by atoms with Crippen molar-refractivity contribution in [3.8, 4) is 0 Å². The van der Waals surface area contributed by atoms with Gasteiger partial charge in [-0.25, -0.2) is 0 Å². The summed E-state index contributed by atoms with van der Waals surface area (Å²) in [6.45, 7) is -2.85. The molecule has 23 heteroatoms. The standard InChI is InChI=1S/C26H45NO22/c1-6(32)27-11-13(34)19(47-24-17(38)14(35)12(33)7(2-28)44-24)9(4-30)45-23(11)49-26(42)10(5-31)46-25(18(39)21(26)40)48-20-8(3-29)43-22(41)16(37)15(20)36/h7-25,28-31,33-42H,2-5H2,1H3,(H,27,32)/t7?,8?,9?,10?,11-,12-,13?,14?,15?,16-,17-,18-,19+,20+,21?,22?,23-,24-,25-,26+/m0/s1. The minimum atomic E-state index is -3.16. The topological polar surface area (TPSA) is 377 Å². The Kier molecular flexibility index (Phi) is 13.6. The van der Waals surface area contributed by atoms with Crippen LogP contribution < -0.4 is 5.32 Å². The molecule has 4 aliphatic heterocycles. The first-order chi connectivity index (χ1) is 23.0. The highest BCUT2D eigenvalue weighted by atomic mass is 16.8. The van der Waals surface area contributed by atoms with Gasteiger partial charge in [-0.15, -0.1) is 0 Å². The predicted octanol–water partition coefficient (Wildman–Crippen LogP) is -10.3. The zero-order valence-corrected chi connectivity index (χ0v) is 25.8. The van der Waals surface area contributed by atoms with E-state index in [0.717, 1.165) is 6.92 Å². The van der Waals surface area contributed by atoms with Gasteiger partial charge in [0.1, 0.15) is 91.5 Å². The van der Waals surface area contributed by atoms with E-state index < -0.39 is 155 Å². The molecule has 4 rings (SSSR count). The lowest BCUT2D eigenvalue weighted by Gasteiger charge is -2.52. The second kappa shape index (κ2) is 16.5. The van der Waals surface area contributed by atoms with E-state index in [0.29, 0.717) is 0 Å². The van der Waals surface area contributed by atoms with Crippen LogP contribution in [0.4, 0.5) is 0 Å². The van der Waals surface area contributed by atoms with Gasteiger partial charge in [0.05, 0.1) is 26.4 Å². The Labute approximate surface area is 276 Å². The average Bonchev–Trinajstić information content (AvgIpc) is 3.07. The molecule has 15 N–H and O–H groups in total. The number of rotatable bonds is 11. The molecule has 0 aromatic rings. The molecule has 1 amide bonds. The third-order valence-electron chi connectivity index (χ3n) is 8.75. The number of hydrogen-bond acceptors (Lipinski definition) is 22. The largest absolute Gasteiger partial charge is 0.394 e. The number of aliphatic hydroxyl groups is 14. The number of hydrogen-bond donors (Lipinski definition) is 15. The Bertz CT molecular complexity index is 1070. The molecule has 0 spiro atoms. The Morgan fingerprint density at radius 1 is 0.612 bits per heavy atom. The van der Waals surface area contributed by atoms with E-state index in [1.807, 2.05) is 0 Å². The van der Waals surface area contributed by atoms with Crippen LogP contribution in [-0.4, -0.2) is 226 Å². The van der Waals surface area contributed by atoms with Crippen LogP contribution in [0.15, 0.2) is 0 Å². The van der Waals surface area contributed by atoms with Crippen molar-refractivity contribution in [1.82, 2.24) is 5.32 Å². The van der Waals surface area contributed by atoms with Gasteiger partial charge in [-0.05, 0) is 0 Å². The zero-order chi connectivity index (χ0) is 36.5. The first-order valence-electron chi connectivity index (χ1n) is 15.2. The van der Waals surface area contributed by atoms with Crippen molar-refractivity contribution in [3.05, 3.63) is 0 Å². The maximum Gasteiger partial charge on any atom is 0.226 e. The van der Waals surface area contributed by atoms with Crippen molar-refractivity contribution >= 4 is 5.91 Å². The van der Waals surface area contributed by atoms with E-state index in [1.165, 1.54) is 0 Å². The molecule has 286 valence electrons. The van der Waals surface area contributed by atoms with Gasteiger partial charge in [-0.1, -0.05) is 0 Å². The van der Waals surface area contributed by atoms with Crippen LogP contribution in [0.3, 0.4) is 0 Å². The molecule has 4 saturated heterocycles. The van der Waals surface area contributed by atoms with Crippen LogP contribution in [0.25, 0.3) is 0 Å². The quantitative estimate of drug-likeness (QED) is 0.0880. The molecule has 0 aromatic heterocycles. The van der Waals surface area contributed by atoms with Crippen molar-refractivity contribution in [2.24, 2.45) is 0 Å². The van der Waals surface area contributed by atoms with Gasteiger partial charge < -0.3 is 110 Å². The molecule has 0 aliphatic carbocycles. The van der Waals surface area contributed by atoms with Crippen LogP contribution in [-0.2, 0) is 38.0 Å². The molecule has 0 saturated carbocycles. The first kappa shape index (κ1) is 40.4.